The van der Waals surface area contributed by atoms with Crippen molar-refractivity contribution >= 4 is 23.1 Å². The van der Waals surface area contributed by atoms with Crippen LogP contribution in [0.15, 0.2) is 48.0 Å². The van der Waals surface area contributed by atoms with Crippen molar-refractivity contribution in [2.24, 2.45) is 0 Å². The average Bonchev–Trinajstić information content (AvgIpc) is 3.27. The van der Waals surface area contributed by atoms with Gasteiger partial charge in [0.15, 0.2) is 11.5 Å². The molecule has 2 heterocycles. The monoisotopic (exact) mass is 379 g/mol. The zero-order chi connectivity index (χ0) is 18.5. The molecule has 1 amide bonds. The summed E-state index contributed by atoms with van der Waals surface area (Å²) in [6, 6.07) is 9.59. The summed E-state index contributed by atoms with van der Waals surface area (Å²) in [4.78, 5) is 13.6. The molecule has 0 spiro atoms. The van der Waals surface area contributed by atoms with Crippen molar-refractivity contribution in [1.29, 1.82) is 0 Å². The molecule has 136 valence electrons. The van der Waals surface area contributed by atoms with E-state index in [1.165, 1.54) is 25.3 Å². The number of amides is 1. The van der Waals surface area contributed by atoms with Crippen molar-refractivity contribution in [3.05, 3.63) is 58.4 Å². The Labute approximate surface area is 152 Å². The molecule has 0 saturated carbocycles. The molecule has 0 fully saturated rings. The maximum absolute atomic E-state index is 12.5. The lowest BCUT2D eigenvalue weighted by Gasteiger charge is -2.12. The Morgan fingerprint density at radius 2 is 2.15 bits per heavy atom. The Morgan fingerprint density at radius 1 is 1.31 bits per heavy atom. The molecule has 0 bridgehead atoms. The predicted octanol–water partition coefficient (Wildman–Crippen LogP) is 3.86. The summed E-state index contributed by atoms with van der Waals surface area (Å²) in [6.45, 7) is -2.44. The van der Waals surface area contributed by atoms with Gasteiger partial charge in [0.2, 0.25) is 0 Å². The van der Waals surface area contributed by atoms with Gasteiger partial charge in [0.05, 0.1) is 19.9 Å². The molecule has 2 aromatic heterocycles. The van der Waals surface area contributed by atoms with Crippen molar-refractivity contribution in [3.8, 4) is 11.5 Å². The molecule has 6 nitrogen and oxygen atoms in total. The summed E-state index contributed by atoms with van der Waals surface area (Å²) >= 11 is 1.59. The maximum atomic E-state index is 12.5. The molecular weight excluding hydrogens is 364 g/mol. The van der Waals surface area contributed by atoms with Crippen LogP contribution in [0.3, 0.4) is 0 Å². The number of carbonyl (C=O) groups excluding carboxylic acids is 1. The Balaban J connectivity index is 1.75. The van der Waals surface area contributed by atoms with Crippen LogP contribution >= 0.6 is 11.3 Å². The SMILES string of the molecule is COc1cc(C(=O)Nc2ccnn2Cc2cccs2)ccc1OC(F)F. The molecule has 0 saturated heterocycles. The van der Waals surface area contributed by atoms with Crippen LogP contribution in [-0.2, 0) is 6.54 Å². The van der Waals surface area contributed by atoms with Gasteiger partial charge in [0.1, 0.15) is 5.82 Å². The summed E-state index contributed by atoms with van der Waals surface area (Å²) in [5, 5.41) is 8.92. The minimum absolute atomic E-state index is 0.0463. The molecule has 0 aliphatic heterocycles. The Morgan fingerprint density at radius 3 is 2.85 bits per heavy atom. The largest absolute Gasteiger partial charge is 0.493 e. The lowest BCUT2D eigenvalue weighted by Crippen LogP contribution is -2.16. The summed E-state index contributed by atoms with van der Waals surface area (Å²) < 4.78 is 35.8. The zero-order valence-corrected chi connectivity index (χ0v) is 14.5. The first-order valence-electron chi connectivity index (χ1n) is 7.55. The number of rotatable bonds is 7. The Bertz CT molecular complexity index is 881. The quantitative estimate of drug-likeness (QED) is 0.677. The van der Waals surface area contributed by atoms with E-state index in [9.17, 15) is 13.6 Å². The van der Waals surface area contributed by atoms with E-state index in [0.29, 0.717) is 12.4 Å². The van der Waals surface area contributed by atoms with E-state index < -0.39 is 12.5 Å². The molecule has 26 heavy (non-hydrogen) atoms. The van der Waals surface area contributed by atoms with Crippen molar-refractivity contribution in [2.75, 3.05) is 12.4 Å². The first-order chi connectivity index (χ1) is 12.6. The van der Waals surface area contributed by atoms with Crippen LogP contribution in [0, 0.1) is 0 Å². The fourth-order valence-corrected chi connectivity index (χ4v) is 2.99. The molecule has 0 aliphatic rings. The Kier molecular flexibility index (Phi) is 5.47. The smallest absolute Gasteiger partial charge is 0.387 e. The molecule has 1 N–H and O–H groups in total. The van der Waals surface area contributed by atoms with Gasteiger partial charge < -0.3 is 14.8 Å². The second kappa shape index (κ2) is 7.96. The van der Waals surface area contributed by atoms with E-state index in [0.717, 1.165) is 4.88 Å². The molecule has 0 radical (unpaired) electrons. The first-order valence-corrected chi connectivity index (χ1v) is 8.43. The third kappa shape index (κ3) is 4.17. The minimum atomic E-state index is -2.98. The number of nitrogens with one attached hydrogen (secondary N) is 1. The lowest BCUT2D eigenvalue weighted by molar-refractivity contribution is -0.0512. The van der Waals surface area contributed by atoms with Crippen molar-refractivity contribution in [3.63, 3.8) is 0 Å². The highest BCUT2D eigenvalue weighted by atomic mass is 32.1. The van der Waals surface area contributed by atoms with Crippen LogP contribution in [0.4, 0.5) is 14.6 Å². The van der Waals surface area contributed by atoms with Gasteiger partial charge >= 0.3 is 6.61 Å². The van der Waals surface area contributed by atoms with E-state index >= 15 is 0 Å². The van der Waals surface area contributed by atoms with Gasteiger partial charge in [-0.2, -0.15) is 13.9 Å². The van der Waals surface area contributed by atoms with Gasteiger partial charge in [0.25, 0.3) is 5.91 Å². The topological polar surface area (TPSA) is 65.4 Å². The van der Waals surface area contributed by atoms with Gasteiger partial charge in [-0.25, -0.2) is 4.68 Å². The van der Waals surface area contributed by atoms with Gasteiger partial charge in [-0.05, 0) is 29.6 Å². The van der Waals surface area contributed by atoms with Crippen molar-refractivity contribution in [1.82, 2.24) is 9.78 Å². The van der Waals surface area contributed by atoms with E-state index in [1.54, 1.807) is 28.3 Å². The number of benzene rings is 1. The molecule has 9 heteroatoms. The highest BCUT2D eigenvalue weighted by Gasteiger charge is 2.15. The van der Waals surface area contributed by atoms with E-state index in [1.807, 2.05) is 17.5 Å². The van der Waals surface area contributed by atoms with E-state index in [-0.39, 0.29) is 17.1 Å². The molecule has 1 aromatic carbocycles. The second-order valence-electron chi connectivity index (χ2n) is 5.15. The van der Waals surface area contributed by atoms with Crippen LogP contribution in [0.2, 0.25) is 0 Å². The zero-order valence-electron chi connectivity index (χ0n) is 13.7. The number of methoxy groups -OCH3 is 1. The molecular formula is C17H15F2N3O3S. The average molecular weight is 379 g/mol. The fourth-order valence-electron chi connectivity index (χ4n) is 2.31. The molecule has 0 unspecified atom stereocenters. The minimum Gasteiger partial charge on any atom is -0.493 e. The standard InChI is InChI=1S/C17H15F2N3O3S/c1-24-14-9-11(4-5-13(14)25-17(18)19)16(23)21-15-6-7-20-22(15)10-12-3-2-8-26-12/h2-9,17H,10H2,1H3,(H,21,23). The number of carbonyl (C=O) groups is 1. The fraction of sp³-hybridized carbons (Fsp3) is 0.176. The molecule has 0 aliphatic carbocycles. The number of anilines is 1. The number of ether oxygens (including phenoxy) is 2. The molecule has 0 atom stereocenters. The number of halogens is 2. The van der Waals surface area contributed by atoms with Gasteiger partial charge in [-0.1, -0.05) is 6.07 Å². The third-order valence-corrected chi connectivity index (χ3v) is 4.35. The Hall–Kier alpha value is -2.94. The van der Waals surface area contributed by atoms with E-state index in [2.05, 4.69) is 15.2 Å². The van der Waals surface area contributed by atoms with Gasteiger partial charge in [0, 0.05) is 16.5 Å². The molecule has 3 aromatic rings. The summed E-state index contributed by atoms with van der Waals surface area (Å²) in [5.74, 6) is 0.0157. The summed E-state index contributed by atoms with van der Waals surface area (Å²) in [5.41, 5.74) is 0.243. The highest BCUT2D eigenvalue weighted by Crippen LogP contribution is 2.29. The molecule has 3 rings (SSSR count). The lowest BCUT2D eigenvalue weighted by atomic mass is 10.2. The maximum Gasteiger partial charge on any atom is 0.387 e. The van der Waals surface area contributed by atoms with Gasteiger partial charge in [-0.15, -0.1) is 11.3 Å². The number of hydrogen-bond donors (Lipinski definition) is 1. The number of alkyl halides is 2. The van der Waals surface area contributed by atoms with Crippen LogP contribution in [0.25, 0.3) is 0 Å². The number of thiophene rings is 1. The van der Waals surface area contributed by atoms with Crippen LogP contribution < -0.4 is 14.8 Å². The van der Waals surface area contributed by atoms with Crippen molar-refractivity contribution < 1.29 is 23.0 Å². The van der Waals surface area contributed by atoms with Crippen LogP contribution in [0.1, 0.15) is 15.2 Å². The number of nitrogens with zero attached hydrogens (tertiary/aromatic N) is 2. The summed E-state index contributed by atoms with van der Waals surface area (Å²) in [6.07, 6.45) is 1.59. The van der Waals surface area contributed by atoms with Gasteiger partial charge in [-0.3, -0.25) is 4.79 Å². The second-order valence-corrected chi connectivity index (χ2v) is 6.18. The number of aromatic nitrogens is 2. The number of hydrogen-bond acceptors (Lipinski definition) is 5. The van der Waals surface area contributed by atoms with Crippen molar-refractivity contribution in [2.45, 2.75) is 13.2 Å². The van der Waals surface area contributed by atoms with E-state index in [4.69, 9.17) is 4.74 Å². The highest BCUT2D eigenvalue weighted by molar-refractivity contribution is 7.09. The first kappa shape index (κ1) is 17.9. The normalized spacial score (nSPS) is 10.8. The van der Waals surface area contributed by atoms with Crippen LogP contribution in [-0.4, -0.2) is 29.4 Å². The summed E-state index contributed by atoms with van der Waals surface area (Å²) in [7, 11) is 1.31. The third-order valence-electron chi connectivity index (χ3n) is 3.49. The van der Waals surface area contributed by atoms with Crippen LogP contribution in [0.5, 0.6) is 11.5 Å². The predicted molar refractivity (Wildman–Crippen MR) is 93.2 cm³/mol.